The normalized spacial score (nSPS) is 15.5. The maximum atomic E-state index is 12.2. The molecule has 1 amide bonds. The van der Waals surface area contributed by atoms with Gasteiger partial charge in [-0.1, -0.05) is 53.2 Å². The van der Waals surface area contributed by atoms with Crippen molar-refractivity contribution >= 4 is 79.4 Å². The number of methoxy groups -OCH3 is 1. The molecule has 2 aromatic rings. The van der Waals surface area contributed by atoms with Gasteiger partial charge in [-0.2, -0.15) is 0 Å². The lowest BCUT2D eigenvalue weighted by molar-refractivity contribution is -0.121. The summed E-state index contributed by atoms with van der Waals surface area (Å²) in [4.78, 5) is 14.2. The first-order valence-electron chi connectivity index (χ1n) is 7.96. The Balaban J connectivity index is 1.86. The van der Waals surface area contributed by atoms with Crippen LogP contribution in [0.25, 0.3) is 6.08 Å². The van der Waals surface area contributed by atoms with Gasteiger partial charge in [0.2, 0.25) is 0 Å². The molecule has 0 spiro atoms. The highest BCUT2D eigenvalue weighted by Crippen LogP contribution is 2.39. The van der Waals surface area contributed by atoms with Crippen LogP contribution >= 0.6 is 63.1 Å². The number of amides is 1. The molecule has 0 aliphatic carbocycles. The van der Waals surface area contributed by atoms with E-state index in [0.717, 1.165) is 11.1 Å². The van der Waals surface area contributed by atoms with E-state index in [-0.39, 0.29) is 12.5 Å². The summed E-state index contributed by atoms with van der Waals surface area (Å²) in [6, 6.07) is 8.88. The minimum absolute atomic E-state index is 0.122. The molecule has 9 heteroatoms. The van der Waals surface area contributed by atoms with Crippen LogP contribution in [0.2, 0.25) is 10.0 Å². The molecule has 146 valence electrons. The van der Waals surface area contributed by atoms with E-state index in [1.807, 2.05) is 12.1 Å². The van der Waals surface area contributed by atoms with Gasteiger partial charge in [0.15, 0.2) is 11.5 Å². The highest BCUT2D eigenvalue weighted by molar-refractivity contribution is 9.10. The largest absolute Gasteiger partial charge is 0.493 e. The van der Waals surface area contributed by atoms with Gasteiger partial charge in [-0.25, -0.2) is 0 Å². The Labute approximate surface area is 190 Å². The third kappa shape index (κ3) is 4.66. The minimum atomic E-state index is -0.122. The fraction of sp³-hybridized carbons (Fsp3) is 0.158. The molecule has 0 bridgehead atoms. The molecule has 0 unspecified atom stereocenters. The molecule has 1 aliphatic rings. The molecule has 1 heterocycles. The third-order valence-corrected chi connectivity index (χ3v) is 6.58. The predicted octanol–water partition coefficient (Wildman–Crippen LogP) is 6.17. The summed E-state index contributed by atoms with van der Waals surface area (Å²) in [5.41, 5.74) is 1.59. The van der Waals surface area contributed by atoms with E-state index in [4.69, 9.17) is 44.9 Å². The maximum Gasteiger partial charge on any atom is 0.265 e. The molecular formula is C19H14BrCl2NO3S2. The van der Waals surface area contributed by atoms with Crippen LogP contribution in [0, 0.1) is 0 Å². The summed E-state index contributed by atoms with van der Waals surface area (Å²) in [5, 5.41) is 1.09. The smallest absolute Gasteiger partial charge is 0.265 e. The van der Waals surface area contributed by atoms with Crippen LogP contribution in [0.5, 0.6) is 11.5 Å². The molecule has 0 radical (unpaired) electrons. The number of rotatable bonds is 5. The molecule has 28 heavy (non-hydrogen) atoms. The number of halogens is 3. The van der Waals surface area contributed by atoms with Gasteiger partial charge in [0.1, 0.15) is 10.9 Å². The summed E-state index contributed by atoms with van der Waals surface area (Å²) >= 11 is 22.1. The molecule has 3 rings (SSSR count). The summed E-state index contributed by atoms with van der Waals surface area (Å²) in [7, 11) is 3.22. The van der Waals surface area contributed by atoms with Crippen LogP contribution in [0.3, 0.4) is 0 Å². The number of hydrogen-bond donors (Lipinski definition) is 0. The van der Waals surface area contributed by atoms with Crippen molar-refractivity contribution in [3.63, 3.8) is 0 Å². The van der Waals surface area contributed by atoms with Gasteiger partial charge in [-0.15, -0.1) is 0 Å². The molecular weight excluding hydrogens is 505 g/mol. The molecule has 1 aliphatic heterocycles. The first kappa shape index (κ1) is 21.5. The van der Waals surface area contributed by atoms with Crippen LogP contribution in [0.15, 0.2) is 39.7 Å². The Morgan fingerprint density at radius 2 is 2.04 bits per heavy atom. The van der Waals surface area contributed by atoms with Gasteiger partial charge in [0, 0.05) is 22.7 Å². The maximum absolute atomic E-state index is 12.2. The van der Waals surface area contributed by atoms with Gasteiger partial charge in [0.25, 0.3) is 5.91 Å². The Morgan fingerprint density at radius 1 is 1.29 bits per heavy atom. The zero-order chi connectivity index (χ0) is 20.4. The number of likely N-dealkylation sites (N-methyl/N-ethyl adjacent to an activating group) is 1. The van der Waals surface area contributed by atoms with E-state index in [1.165, 1.54) is 16.7 Å². The van der Waals surface area contributed by atoms with E-state index < -0.39 is 0 Å². The lowest BCUT2D eigenvalue weighted by Crippen LogP contribution is -2.22. The molecule has 1 saturated heterocycles. The number of carbonyl (C=O) groups excluding carboxylic acids is 1. The average Bonchev–Trinajstić information content (AvgIpc) is 2.88. The van der Waals surface area contributed by atoms with Crippen molar-refractivity contribution in [1.82, 2.24) is 4.90 Å². The minimum Gasteiger partial charge on any atom is -0.493 e. The number of thioether (sulfide) groups is 1. The van der Waals surface area contributed by atoms with E-state index in [9.17, 15) is 4.79 Å². The van der Waals surface area contributed by atoms with E-state index >= 15 is 0 Å². The number of ether oxygens (including phenoxy) is 2. The highest BCUT2D eigenvalue weighted by Gasteiger charge is 2.28. The lowest BCUT2D eigenvalue weighted by atomic mass is 10.1. The van der Waals surface area contributed by atoms with Gasteiger partial charge < -0.3 is 9.47 Å². The van der Waals surface area contributed by atoms with Crippen LogP contribution in [-0.4, -0.2) is 29.3 Å². The van der Waals surface area contributed by atoms with Crippen LogP contribution < -0.4 is 9.47 Å². The van der Waals surface area contributed by atoms with Crippen LogP contribution in [-0.2, 0) is 11.4 Å². The Bertz CT molecular complexity index is 997. The second-order valence-corrected chi connectivity index (χ2v) is 9.17. The molecule has 2 aromatic carbocycles. The first-order valence-corrected chi connectivity index (χ1v) is 10.7. The SMILES string of the molecule is COc1cc(/C=C2/SC(=S)N(C)C2=O)cc(Br)c1OCc1ccc(Cl)cc1Cl. The molecule has 1 fully saturated rings. The van der Waals surface area contributed by atoms with Crippen LogP contribution in [0.4, 0.5) is 0 Å². The van der Waals surface area contributed by atoms with Crippen molar-refractivity contribution in [3.05, 3.63) is 60.9 Å². The van der Waals surface area contributed by atoms with Crippen molar-refractivity contribution < 1.29 is 14.3 Å². The predicted molar refractivity (Wildman–Crippen MR) is 122 cm³/mol. The Kier molecular flexibility index (Phi) is 6.94. The second kappa shape index (κ2) is 9.05. The monoisotopic (exact) mass is 517 g/mol. The molecule has 0 atom stereocenters. The van der Waals surface area contributed by atoms with Crippen molar-refractivity contribution in [2.45, 2.75) is 6.61 Å². The second-order valence-electron chi connectivity index (χ2n) is 5.80. The summed E-state index contributed by atoms with van der Waals surface area (Å²) < 4.78 is 12.6. The van der Waals surface area contributed by atoms with E-state index in [0.29, 0.717) is 35.2 Å². The third-order valence-electron chi connectivity index (χ3n) is 3.92. The van der Waals surface area contributed by atoms with E-state index in [2.05, 4.69) is 15.9 Å². The van der Waals surface area contributed by atoms with Gasteiger partial charge in [-0.05, 0) is 51.8 Å². The Morgan fingerprint density at radius 3 is 2.64 bits per heavy atom. The van der Waals surface area contributed by atoms with Crippen molar-refractivity contribution in [2.75, 3.05) is 14.2 Å². The highest BCUT2D eigenvalue weighted by atomic mass is 79.9. The lowest BCUT2D eigenvalue weighted by Gasteiger charge is -2.14. The number of hydrogen-bond acceptors (Lipinski definition) is 5. The zero-order valence-corrected chi connectivity index (χ0v) is 19.5. The molecule has 0 N–H and O–H groups in total. The van der Waals surface area contributed by atoms with Gasteiger partial charge in [-0.3, -0.25) is 9.69 Å². The number of benzene rings is 2. The molecule has 0 saturated carbocycles. The van der Waals surface area contributed by atoms with Gasteiger partial charge >= 0.3 is 0 Å². The fourth-order valence-corrected chi connectivity index (χ4v) is 4.67. The summed E-state index contributed by atoms with van der Waals surface area (Å²) in [6.45, 7) is 0.249. The van der Waals surface area contributed by atoms with Crippen molar-refractivity contribution in [2.24, 2.45) is 0 Å². The van der Waals surface area contributed by atoms with Crippen molar-refractivity contribution in [3.8, 4) is 11.5 Å². The fourth-order valence-electron chi connectivity index (χ4n) is 2.45. The zero-order valence-electron chi connectivity index (χ0n) is 14.8. The number of carbonyl (C=O) groups is 1. The topological polar surface area (TPSA) is 38.8 Å². The molecule has 4 nitrogen and oxygen atoms in total. The average molecular weight is 519 g/mol. The molecule has 0 aromatic heterocycles. The Hall–Kier alpha value is -1.25. The van der Waals surface area contributed by atoms with E-state index in [1.54, 1.807) is 38.4 Å². The standard InChI is InChI=1S/C19H14BrCl2NO3S2/c1-23-18(24)16(28-19(23)27)7-10-5-13(20)17(15(6-10)25-2)26-9-11-3-4-12(21)8-14(11)22/h3-8H,9H2,1-2H3/b16-7+. The first-order chi connectivity index (χ1) is 13.3. The summed E-state index contributed by atoms with van der Waals surface area (Å²) in [6.07, 6.45) is 1.77. The number of thiocarbonyl (C=S) groups is 1. The summed E-state index contributed by atoms with van der Waals surface area (Å²) in [5.74, 6) is 0.939. The number of nitrogens with zero attached hydrogens (tertiary/aromatic N) is 1. The van der Waals surface area contributed by atoms with Gasteiger partial charge in [0.05, 0.1) is 16.5 Å². The quantitative estimate of drug-likeness (QED) is 0.349. The van der Waals surface area contributed by atoms with Crippen LogP contribution in [0.1, 0.15) is 11.1 Å². The van der Waals surface area contributed by atoms with Crippen molar-refractivity contribution in [1.29, 1.82) is 0 Å².